The van der Waals surface area contributed by atoms with E-state index >= 15 is 0 Å². The molecule has 0 saturated carbocycles. The molecule has 2 radical (unpaired) electrons. The summed E-state index contributed by atoms with van der Waals surface area (Å²) >= 11 is 0. The van der Waals surface area contributed by atoms with E-state index in [4.69, 9.17) is 7.98 Å². The molecule has 3 rings (SSSR count). The van der Waals surface area contributed by atoms with E-state index in [0.29, 0.717) is 11.9 Å². The van der Waals surface area contributed by atoms with Crippen LogP contribution in [-0.4, -0.2) is 23.5 Å². The van der Waals surface area contributed by atoms with E-state index in [0.717, 1.165) is 21.0 Å². The summed E-state index contributed by atoms with van der Waals surface area (Å²) in [6.07, 6.45) is 5.92. The maximum atomic E-state index is 11.5. The van der Waals surface area contributed by atoms with Gasteiger partial charge < -0.3 is 9.58 Å². The molecule has 1 aromatic carbocycles. The molecule has 0 saturated heterocycles. The van der Waals surface area contributed by atoms with Crippen molar-refractivity contribution >= 4 is 30.4 Å². The van der Waals surface area contributed by atoms with Gasteiger partial charge in [-0.3, -0.25) is 9.59 Å². The van der Waals surface area contributed by atoms with E-state index < -0.39 is 11.4 Å². The molecule has 0 spiro atoms. The predicted molar refractivity (Wildman–Crippen MR) is 86.8 cm³/mol. The van der Waals surface area contributed by atoms with Gasteiger partial charge in [-0.2, -0.15) is 0 Å². The number of carboxylic acids is 1. The SMILES string of the molecule is [B]n1c(=O)ccc2cc(C3=CCC(C)(C(=O)O)C=C3)ccc21. The van der Waals surface area contributed by atoms with Crippen LogP contribution in [0.2, 0.25) is 0 Å². The van der Waals surface area contributed by atoms with Gasteiger partial charge in [-0.25, -0.2) is 0 Å². The van der Waals surface area contributed by atoms with Gasteiger partial charge in [0, 0.05) is 11.6 Å². The van der Waals surface area contributed by atoms with Crippen molar-refractivity contribution in [2.24, 2.45) is 5.41 Å². The summed E-state index contributed by atoms with van der Waals surface area (Å²) in [5.41, 5.74) is 1.49. The van der Waals surface area contributed by atoms with Crippen LogP contribution in [0.15, 0.2) is 53.4 Å². The maximum absolute atomic E-state index is 11.5. The Labute approximate surface area is 128 Å². The second kappa shape index (κ2) is 5.02. The number of aliphatic carboxylic acids is 1. The molecule has 108 valence electrons. The first-order valence-corrected chi connectivity index (χ1v) is 6.95. The van der Waals surface area contributed by atoms with Crippen LogP contribution in [0.4, 0.5) is 0 Å². The number of carboxylic acid groups (broad SMARTS) is 1. The molecule has 4 nitrogen and oxygen atoms in total. The molecule has 0 fully saturated rings. The number of nitrogens with zero attached hydrogens (tertiary/aromatic N) is 1. The fourth-order valence-corrected chi connectivity index (χ4v) is 2.55. The van der Waals surface area contributed by atoms with Gasteiger partial charge in [-0.1, -0.05) is 24.3 Å². The summed E-state index contributed by atoms with van der Waals surface area (Å²) in [6.45, 7) is 1.70. The smallest absolute Gasteiger partial charge is 0.313 e. The molecule has 1 aromatic heterocycles. The highest BCUT2D eigenvalue weighted by molar-refractivity contribution is 6.11. The summed E-state index contributed by atoms with van der Waals surface area (Å²) < 4.78 is 1.12. The molecule has 0 bridgehead atoms. The second-order valence-corrected chi connectivity index (χ2v) is 5.73. The minimum atomic E-state index is -0.849. The Hall–Kier alpha value is -2.56. The van der Waals surface area contributed by atoms with Gasteiger partial charge in [0.1, 0.15) is 0 Å². The number of carbonyl (C=O) groups is 1. The van der Waals surface area contributed by atoms with Crippen LogP contribution in [0.3, 0.4) is 0 Å². The van der Waals surface area contributed by atoms with Crippen molar-refractivity contribution < 1.29 is 9.90 Å². The first-order valence-electron chi connectivity index (χ1n) is 6.95. The lowest BCUT2D eigenvalue weighted by Crippen LogP contribution is -2.25. The molecule has 1 heterocycles. The number of allylic oxidation sites excluding steroid dienone is 3. The monoisotopic (exact) mass is 291 g/mol. The van der Waals surface area contributed by atoms with E-state index in [-0.39, 0.29) is 5.56 Å². The lowest BCUT2D eigenvalue weighted by molar-refractivity contribution is -0.145. The number of aromatic nitrogens is 1. The van der Waals surface area contributed by atoms with Crippen LogP contribution in [0.1, 0.15) is 18.9 Å². The van der Waals surface area contributed by atoms with Gasteiger partial charge in [0.15, 0.2) is 0 Å². The molecule has 5 heteroatoms. The number of hydrogen-bond acceptors (Lipinski definition) is 2. The van der Waals surface area contributed by atoms with Crippen molar-refractivity contribution in [2.45, 2.75) is 13.3 Å². The van der Waals surface area contributed by atoms with Crippen LogP contribution in [-0.2, 0) is 4.79 Å². The Morgan fingerprint density at radius 3 is 2.73 bits per heavy atom. The fourth-order valence-electron chi connectivity index (χ4n) is 2.55. The zero-order valence-corrected chi connectivity index (χ0v) is 12.1. The highest BCUT2D eigenvalue weighted by Crippen LogP contribution is 2.33. The van der Waals surface area contributed by atoms with Crippen LogP contribution in [0.25, 0.3) is 16.5 Å². The predicted octanol–water partition coefficient (Wildman–Crippen LogP) is 2.37. The standard InChI is InChI=1S/C17H14BNO3/c1-17(16(21)22)8-6-11(7-9-17)12-2-4-14-13(10-12)3-5-15(20)19(14)18/h2-8,10H,9H2,1H3,(H,21,22). The van der Waals surface area contributed by atoms with Crippen molar-refractivity contribution in [3.63, 3.8) is 0 Å². The van der Waals surface area contributed by atoms with Crippen molar-refractivity contribution in [1.82, 2.24) is 4.48 Å². The van der Waals surface area contributed by atoms with Crippen LogP contribution < -0.4 is 5.56 Å². The third kappa shape index (κ3) is 2.28. The Morgan fingerprint density at radius 1 is 1.32 bits per heavy atom. The van der Waals surface area contributed by atoms with Crippen LogP contribution in [0.5, 0.6) is 0 Å². The molecule has 1 unspecified atom stereocenters. The third-order valence-corrected chi connectivity index (χ3v) is 4.13. The molecule has 22 heavy (non-hydrogen) atoms. The minimum Gasteiger partial charge on any atom is -0.481 e. The Morgan fingerprint density at radius 2 is 2.09 bits per heavy atom. The summed E-state index contributed by atoms with van der Waals surface area (Å²) in [6, 6.07) is 8.78. The first kappa shape index (κ1) is 14.4. The minimum absolute atomic E-state index is 0.255. The van der Waals surface area contributed by atoms with Gasteiger partial charge in [-0.05, 0) is 48.1 Å². The van der Waals surface area contributed by atoms with Crippen molar-refractivity contribution in [2.75, 3.05) is 0 Å². The number of rotatable bonds is 2. The molecule has 1 aliphatic rings. The molecule has 1 N–H and O–H groups in total. The maximum Gasteiger partial charge on any atom is 0.313 e. The molecular weight excluding hydrogens is 277 g/mol. The van der Waals surface area contributed by atoms with E-state index in [1.807, 2.05) is 24.3 Å². The highest BCUT2D eigenvalue weighted by Gasteiger charge is 2.30. The zero-order valence-electron chi connectivity index (χ0n) is 12.1. The highest BCUT2D eigenvalue weighted by atomic mass is 16.4. The lowest BCUT2D eigenvalue weighted by Gasteiger charge is -2.23. The summed E-state index contributed by atoms with van der Waals surface area (Å²) in [4.78, 5) is 22.8. The average molecular weight is 291 g/mol. The van der Waals surface area contributed by atoms with Gasteiger partial charge in [0.05, 0.1) is 5.41 Å². The third-order valence-electron chi connectivity index (χ3n) is 4.13. The largest absolute Gasteiger partial charge is 0.481 e. The summed E-state index contributed by atoms with van der Waals surface area (Å²) in [7, 11) is 5.73. The van der Waals surface area contributed by atoms with Gasteiger partial charge in [-0.15, -0.1) is 0 Å². The van der Waals surface area contributed by atoms with Gasteiger partial charge in [0.25, 0.3) is 0 Å². The Kier molecular flexibility index (Phi) is 3.28. The van der Waals surface area contributed by atoms with E-state index in [1.165, 1.54) is 6.07 Å². The Balaban J connectivity index is 2.01. The van der Waals surface area contributed by atoms with Crippen LogP contribution in [0, 0.1) is 5.41 Å². The van der Waals surface area contributed by atoms with E-state index in [1.54, 1.807) is 25.1 Å². The van der Waals surface area contributed by atoms with Crippen LogP contribution >= 0.6 is 0 Å². The van der Waals surface area contributed by atoms with Crippen molar-refractivity contribution in [3.05, 3.63) is 64.5 Å². The molecule has 0 amide bonds. The molecular formula is C17H14BNO3. The van der Waals surface area contributed by atoms with Gasteiger partial charge >= 0.3 is 5.97 Å². The zero-order chi connectivity index (χ0) is 15.9. The molecule has 0 aliphatic heterocycles. The number of benzene rings is 1. The lowest BCUT2D eigenvalue weighted by atomic mass is 9.81. The number of pyridine rings is 1. The van der Waals surface area contributed by atoms with Gasteiger partial charge in [0.2, 0.25) is 13.5 Å². The Bertz CT molecular complexity index is 894. The van der Waals surface area contributed by atoms with E-state index in [2.05, 4.69) is 0 Å². The number of fused-ring (bicyclic) bond motifs is 1. The second-order valence-electron chi connectivity index (χ2n) is 5.73. The topological polar surface area (TPSA) is 59.3 Å². The number of hydrogen-bond donors (Lipinski definition) is 1. The fraction of sp³-hybridized carbons (Fsp3) is 0.176. The molecule has 1 aliphatic carbocycles. The average Bonchev–Trinajstić information content (AvgIpc) is 2.51. The quantitative estimate of drug-likeness (QED) is 0.864. The molecule has 1 atom stereocenters. The summed E-state index contributed by atoms with van der Waals surface area (Å²) in [5.74, 6) is -0.829. The summed E-state index contributed by atoms with van der Waals surface area (Å²) in [5, 5.41) is 10.1. The van der Waals surface area contributed by atoms with E-state index in [9.17, 15) is 14.7 Å². The first-order chi connectivity index (χ1) is 10.4. The normalized spacial score (nSPS) is 20.9. The van der Waals surface area contributed by atoms with Crippen molar-refractivity contribution in [1.29, 1.82) is 0 Å². The van der Waals surface area contributed by atoms with Crippen molar-refractivity contribution in [3.8, 4) is 0 Å². The molecule has 2 aromatic rings.